The Balaban J connectivity index is 1.97. The molecule has 1 atom stereocenters. The molecule has 0 saturated carbocycles. The number of alkyl halides is 3. The highest BCUT2D eigenvalue weighted by Crippen LogP contribution is 2.34. The molecule has 0 radical (unpaired) electrons. The van der Waals surface area contributed by atoms with Crippen LogP contribution >= 0.6 is 11.6 Å². The van der Waals surface area contributed by atoms with Crippen LogP contribution in [0.1, 0.15) is 22.7 Å². The van der Waals surface area contributed by atoms with E-state index in [1.54, 1.807) is 18.2 Å². The van der Waals surface area contributed by atoms with Gasteiger partial charge in [-0.25, -0.2) is 0 Å². The van der Waals surface area contributed by atoms with Gasteiger partial charge in [0.2, 0.25) is 0 Å². The van der Waals surface area contributed by atoms with Crippen LogP contribution in [0.25, 0.3) is 0 Å². The van der Waals surface area contributed by atoms with Gasteiger partial charge in [0.05, 0.1) is 11.6 Å². The minimum absolute atomic E-state index is 0.104. The Hall–Kier alpha value is -1.56. The zero-order valence-corrected chi connectivity index (χ0v) is 13.7. The Morgan fingerprint density at radius 1 is 0.958 bits per heavy atom. The number of nitrogens with one attached hydrogen (secondary N) is 1. The number of piperazine rings is 1. The lowest BCUT2D eigenvalue weighted by atomic mass is 9.95. The molecule has 1 heterocycles. The lowest BCUT2D eigenvalue weighted by Crippen LogP contribution is -2.45. The second-order valence-electron chi connectivity index (χ2n) is 5.86. The van der Waals surface area contributed by atoms with Crippen molar-refractivity contribution in [3.05, 3.63) is 70.2 Å². The van der Waals surface area contributed by atoms with Gasteiger partial charge in [0.25, 0.3) is 0 Å². The molecule has 1 unspecified atom stereocenters. The van der Waals surface area contributed by atoms with E-state index in [0.717, 1.165) is 49.4 Å². The van der Waals surface area contributed by atoms with Gasteiger partial charge >= 0.3 is 6.18 Å². The van der Waals surface area contributed by atoms with Crippen molar-refractivity contribution in [2.75, 3.05) is 26.2 Å². The molecule has 0 bridgehead atoms. The minimum Gasteiger partial charge on any atom is -0.314 e. The molecule has 1 N–H and O–H groups in total. The Morgan fingerprint density at radius 3 is 2.21 bits per heavy atom. The van der Waals surface area contributed by atoms with Crippen LogP contribution in [-0.2, 0) is 6.18 Å². The van der Waals surface area contributed by atoms with Crippen molar-refractivity contribution in [3.8, 4) is 0 Å². The second kappa shape index (κ2) is 7.13. The van der Waals surface area contributed by atoms with E-state index in [2.05, 4.69) is 10.2 Å². The highest BCUT2D eigenvalue weighted by atomic mass is 35.5. The number of hydrogen-bond donors (Lipinski definition) is 1. The van der Waals surface area contributed by atoms with Gasteiger partial charge in [-0.1, -0.05) is 35.9 Å². The van der Waals surface area contributed by atoms with Crippen molar-refractivity contribution in [2.24, 2.45) is 0 Å². The first kappa shape index (κ1) is 17.3. The van der Waals surface area contributed by atoms with Gasteiger partial charge in [0, 0.05) is 31.2 Å². The molecule has 1 fully saturated rings. The first-order valence-electron chi connectivity index (χ1n) is 7.82. The van der Waals surface area contributed by atoms with E-state index in [1.807, 2.05) is 18.2 Å². The summed E-state index contributed by atoms with van der Waals surface area (Å²) < 4.78 is 38.4. The zero-order chi connectivity index (χ0) is 17.2. The average Bonchev–Trinajstić information content (AvgIpc) is 2.56. The van der Waals surface area contributed by atoms with Crippen molar-refractivity contribution in [1.82, 2.24) is 10.2 Å². The van der Waals surface area contributed by atoms with Crippen molar-refractivity contribution < 1.29 is 13.2 Å². The van der Waals surface area contributed by atoms with Crippen molar-refractivity contribution in [1.29, 1.82) is 0 Å². The molecule has 6 heteroatoms. The van der Waals surface area contributed by atoms with Crippen LogP contribution in [0.2, 0.25) is 5.02 Å². The second-order valence-corrected chi connectivity index (χ2v) is 6.30. The first-order chi connectivity index (χ1) is 11.4. The van der Waals surface area contributed by atoms with E-state index in [0.29, 0.717) is 5.02 Å². The molecule has 24 heavy (non-hydrogen) atoms. The topological polar surface area (TPSA) is 15.3 Å². The van der Waals surface area contributed by atoms with Crippen molar-refractivity contribution in [3.63, 3.8) is 0 Å². The maximum Gasteiger partial charge on any atom is 0.416 e. The summed E-state index contributed by atoms with van der Waals surface area (Å²) in [5.74, 6) is 0. The Bertz CT molecular complexity index is 679. The molecular weight excluding hydrogens is 337 g/mol. The maximum atomic E-state index is 12.8. The monoisotopic (exact) mass is 354 g/mol. The third kappa shape index (κ3) is 3.91. The third-order valence-electron chi connectivity index (χ3n) is 4.23. The lowest BCUT2D eigenvalue weighted by Gasteiger charge is -2.35. The molecule has 2 aromatic carbocycles. The number of rotatable bonds is 3. The average molecular weight is 355 g/mol. The molecule has 3 rings (SSSR count). The predicted octanol–water partition coefficient (Wildman–Crippen LogP) is 4.35. The van der Waals surface area contributed by atoms with Crippen LogP contribution in [0.3, 0.4) is 0 Å². The highest BCUT2D eigenvalue weighted by molar-refractivity contribution is 6.30. The molecule has 0 aromatic heterocycles. The van der Waals surface area contributed by atoms with E-state index in [9.17, 15) is 13.2 Å². The summed E-state index contributed by atoms with van der Waals surface area (Å²) in [5.41, 5.74) is 1.20. The smallest absolute Gasteiger partial charge is 0.314 e. The molecule has 0 amide bonds. The van der Waals surface area contributed by atoms with Crippen LogP contribution < -0.4 is 5.32 Å². The fourth-order valence-corrected chi connectivity index (χ4v) is 3.28. The molecule has 1 aliphatic rings. The standard InChI is InChI=1S/C18H18ClF3N2/c19-16-3-1-2-14(12-16)17(24-10-8-23-9-11-24)13-4-6-15(7-5-13)18(20,21)22/h1-7,12,17,23H,8-11H2. The highest BCUT2D eigenvalue weighted by Gasteiger charge is 2.31. The summed E-state index contributed by atoms with van der Waals surface area (Å²) in [5, 5.41) is 3.92. The summed E-state index contributed by atoms with van der Waals surface area (Å²) in [7, 11) is 0. The van der Waals surface area contributed by atoms with Gasteiger partial charge in [-0.2, -0.15) is 13.2 Å². The number of nitrogens with zero attached hydrogens (tertiary/aromatic N) is 1. The van der Waals surface area contributed by atoms with Crippen LogP contribution in [0.4, 0.5) is 13.2 Å². The molecular formula is C18H18ClF3N2. The van der Waals surface area contributed by atoms with Gasteiger partial charge in [0.1, 0.15) is 0 Å². The lowest BCUT2D eigenvalue weighted by molar-refractivity contribution is -0.137. The predicted molar refractivity (Wildman–Crippen MR) is 89.2 cm³/mol. The molecule has 2 aromatic rings. The van der Waals surface area contributed by atoms with E-state index >= 15 is 0 Å². The van der Waals surface area contributed by atoms with Crippen LogP contribution in [0.5, 0.6) is 0 Å². The van der Waals surface area contributed by atoms with Gasteiger partial charge in [-0.05, 0) is 35.4 Å². The minimum atomic E-state index is -4.32. The number of benzene rings is 2. The molecule has 2 nitrogen and oxygen atoms in total. The van der Waals surface area contributed by atoms with E-state index in [4.69, 9.17) is 11.6 Å². The van der Waals surface area contributed by atoms with Crippen LogP contribution in [0, 0.1) is 0 Å². The number of halogens is 4. The Kier molecular flexibility index (Phi) is 5.13. The van der Waals surface area contributed by atoms with Crippen molar-refractivity contribution >= 4 is 11.6 Å². The van der Waals surface area contributed by atoms with E-state index < -0.39 is 11.7 Å². The summed E-state index contributed by atoms with van der Waals surface area (Å²) >= 11 is 6.12. The van der Waals surface area contributed by atoms with Crippen LogP contribution in [-0.4, -0.2) is 31.1 Å². The summed E-state index contributed by atoms with van der Waals surface area (Å²) in [6.45, 7) is 3.38. The van der Waals surface area contributed by atoms with Gasteiger partial charge in [0.15, 0.2) is 0 Å². The normalized spacial score (nSPS) is 17.7. The Morgan fingerprint density at radius 2 is 1.62 bits per heavy atom. The fourth-order valence-electron chi connectivity index (χ4n) is 3.09. The molecule has 0 spiro atoms. The van der Waals surface area contributed by atoms with Gasteiger partial charge in [-0.15, -0.1) is 0 Å². The van der Waals surface area contributed by atoms with Gasteiger partial charge < -0.3 is 5.32 Å². The van der Waals surface area contributed by atoms with Crippen molar-refractivity contribution in [2.45, 2.75) is 12.2 Å². The SMILES string of the molecule is FC(F)(F)c1ccc(C(c2cccc(Cl)c2)N2CCNCC2)cc1. The van der Waals surface area contributed by atoms with E-state index in [1.165, 1.54) is 0 Å². The third-order valence-corrected chi connectivity index (χ3v) is 4.47. The van der Waals surface area contributed by atoms with Gasteiger partial charge in [-0.3, -0.25) is 4.90 Å². The summed E-state index contributed by atoms with van der Waals surface area (Å²) in [6, 6.07) is 12.8. The Labute approximate surface area is 144 Å². The quantitative estimate of drug-likeness (QED) is 0.881. The first-order valence-corrected chi connectivity index (χ1v) is 8.20. The molecule has 1 aliphatic heterocycles. The van der Waals surface area contributed by atoms with Crippen LogP contribution in [0.15, 0.2) is 48.5 Å². The molecule has 0 aliphatic carbocycles. The number of hydrogen-bond acceptors (Lipinski definition) is 2. The maximum absolute atomic E-state index is 12.8. The zero-order valence-electron chi connectivity index (χ0n) is 13.0. The summed E-state index contributed by atoms with van der Waals surface area (Å²) in [4.78, 5) is 2.27. The fraction of sp³-hybridized carbons (Fsp3) is 0.333. The van der Waals surface area contributed by atoms with E-state index in [-0.39, 0.29) is 6.04 Å². The summed E-state index contributed by atoms with van der Waals surface area (Å²) in [6.07, 6.45) is -4.32. The molecule has 128 valence electrons. The molecule has 1 saturated heterocycles. The largest absolute Gasteiger partial charge is 0.416 e.